The standard InChI is InChI=1S/C12H22BrNO/c1-3-12(2,9-13)14-11(15)10-7-5-4-6-8-10/h10H,3-9H2,1-2H3,(H,14,15). The Kier molecular flexibility index (Phi) is 5.10. The van der Waals surface area contributed by atoms with Crippen molar-refractivity contribution >= 4 is 21.8 Å². The lowest BCUT2D eigenvalue weighted by Gasteiger charge is -2.31. The third-order valence-corrected chi connectivity index (χ3v) is 4.71. The zero-order valence-corrected chi connectivity index (χ0v) is 11.4. The molecular formula is C12H22BrNO. The van der Waals surface area contributed by atoms with Gasteiger partial charge in [0.15, 0.2) is 0 Å². The molecule has 1 unspecified atom stereocenters. The van der Waals surface area contributed by atoms with Crippen LogP contribution in [0.1, 0.15) is 52.4 Å². The molecule has 1 N–H and O–H groups in total. The second-order valence-electron chi connectivity index (χ2n) is 4.87. The average molecular weight is 276 g/mol. The minimum atomic E-state index is -0.0749. The minimum Gasteiger partial charge on any atom is -0.350 e. The van der Waals surface area contributed by atoms with Crippen LogP contribution in [0.25, 0.3) is 0 Å². The van der Waals surface area contributed by atoms with Gasteiger partial charge in [-0.25, -0.2) is 0 Å². The van der Waals surface area contributed by atoms with E-state index in [4.69, 9.17) is 0 Å². The predicted molar refractivity (Wildman–Crippen MR) is 67.2 cm³/mol. The van der Waals surface area contributed by atoms with Crippen LogP contribution in [0.15, 0.2) is 0 Å². The predicted octanol–water partition coefficient (Wildman–Crippen LogP) is 3.25. The summed E-state index contributed by atoms with van der Waals surface area (Å²) in [6.07, 6.45) is 6.86. The number of halogens is 1. The molecule has 1 aliphatic rings. The maximum atomic E-state index is 12.0. The largest absolute Gasteiger partial charge is 0.350 e. The van der Waals surface area contributed by atoms with Gasteiger partial charge >= 0.3 is 0 Å². The summed E-state index contributed by atoms with van der Waals surface area (Å²) in [6, 6.07) is 0. The van der Waals surface area contributed by atoms with Crippen molar-refractivity contribution in [2.24, 2.45) is 5.92 Å². The monoisotopic (exact) mass is 275 g/mol. The van der Waals surface area contributed by atoms with Crippen molar-refractivity contribution in [2.75, 3.05) is 5.33 Å². The fraction of sp³-hybridized carbons (Fsp3) is 0.917. The van der Waals surface area contributed by atoms with Gasteiger partial charge in [0, 0.05) is 16.8 Å². The number of nitrogens with one attached hydrogen (secondary N) is 1. The number of carbonyl (C=O) groups is 1. The number of hydrogen-bond donors (Lipinski definition) is 1. The van der Waals surface area contributed by atoms with Crippen molar-refractivity contribution in [3.8, 4) is 0 Å². The SMILES string of the molecule is CCC(C)(CBr)NC(=O)C1CCCCC1. The second kappa shape index (κ2) is 5.88. The Morgan fingerprint density at radius 2 is 2.00 bits per heavy atom. The maximum Gasteiger partial charge on any atom is 0.223 e. The molecule has 3 heteroatoms. The maximum absolute atomic E-state index is 12.0. The lowest BCUT2D eigenvalue weighted by Crippen LogP contribution is -2.49. The highest BCUT2D eigenvalue weighted by atomic mass is 79.9. The van der Waals surface area contributed by atoms with Crippen LogP contribution in [0.5, 0.6) is 0 Å². The number of hydrogen-bond acceptors (Lipinski definition) is 1. The summed E-state index contributed by atoms with van der Waals surface area (Å²) in [5.74, 6) is 0.530. The molecule has 88 valence electrons. The average Bonchev–Trinajstić information content (AvgIpc) is 2.30. The van der Waals surface area contributed by atoms with Gasteiger partial charge in [-0.2, -0.15) is 0 Å². The van der Waals surface area contributed by atoms with E-state index in [9.17, 15) is 4.79 Å². The lowest BCUT2D eigenvalue weighted by molar-refractivity contribution is -0.127. The highest BCUT2D eigenvalue weighted by molar-refractivity contribution is 9.09. The van der Waals surface area contributed by atoms with Crippen molar-refractivity contribution in [2.45, 2.75) is 57.9 Å². The van der Waals surface area contributed by atoms with Crippen molar-refractivity contribution in [3.63, 3.8) is 0 Å². The molecule has 1 amide bonds. The Bertz CT molecular complexity index is 208. The summed E-state index contributed by atoms with van der Waals surface area (Å²) < 4.78 is 0. The van der Waals surface area contributed by atoms with Gasteiger partial charge in [0.1, 0.15) is 0 Å². The summed E-state index contributed by atoms with van der Waals surface area (Å²) in [5, 5.41) is 4.00. The summed E-state index contributed by atoms with van der Waals surface area (Å²) in [4.78, 5) is 12.0. The van der Waals surface area contributed by atoms with E-state index in [0.29, 0.717) is 0 Å². The molecule has 0 bridgehead atoms. The van der Waals surface area contributed by atoms with E-state index >= 15 is 0 Å². The second-order valence-corrected chi connectivity index (χ2v) is 5.43. The van der Waals surface area contributed by atoms with Crippen LogP contribution in [0, 0.1) is 5.92 Å². The van der Waals surface area contributed by atoms with E-state index in [1.807, 2.05) is 0 Å². The summed E-state index contributed by atoms with van der Waals surface area (Å²) in [7, 11) is 0. The molecule has 2 nitrogen and oxygen atoms in total. The molecule has 0 saturated heterocycles. The third-order valence-electron chi connectivity index (χ3n) is 3.48. The molecule has 0 heterocycles. The van der Waals surface area contributed by atoms with E-state index in [1.165, 1.54) is 19.3 Å². The molecule has 0 spiro atoms. The Hall–Kier alpha value is -0.0500. The Labute approximate surface area is 101 Å². The highest BCUT2D eigenvalue weighted by Gasteiger charge is 2.28. The Morgan fingerprint density at radius 3 is 2.47 bits per heavy atom. The normalized spacial score (nSPS) is 22.1. The van der Waals surface area contributed by atoms with Crippen molar-refractivity contribution in [3.05, 3.63) is 0 Å². The van der Waals surface area contributed by atoms with Crippen molar-refractivity contribution in [1.82, 2.24) is 5.32 Å². The fourth-order valence-electron chi connectivity index (χ4n) is 1.98. The summed E-state index contributed by atoms with van der Waals surface area (Å²) in [6.45, 7) is 4.21. The number of amides is 1. The van der Waals surface area contributed by atoms with Crippen molar-refractivity contribution < 1.29 is 4.79 Å². The first-order chi connectivity index (χ1) is 7.11. The molecular weight excluding hydrogens is 254 g/mol. The van der Waals surface area contributed by atoms with Gasteiger partial charge in [0.05, 0.1) is 0 Å². The summed E-state index contributed by atoms with van der Waals surface area (Å²) >= 11 is 3.47. The van der Waals surface area contributed by atoms with Gasteiger partial charge in [-0.05, 0) is 26.2 Å². The van der Waals surface area contributed by atoms with Crippen LogP contribution in [0.4, 0.5) is 0 Å². The van der Waals surface area contributed by atoms with Gasteiger partial charge in [0.25, 0.3) is 0 Å². The minimum absolute atomic E-state index is 0.0749. The summed E-state index contributed by atoms with van der Waals surface area (Å²) in [5.41, 5.74) is -0.0749. The van der Waals surface area contributed by atoms with Gasteiger partial charge in [0.2, 0.25) is 5.91 Å². The number of carbonyl (C=O) groups excluding carboxylic acids is 1. The smallest absolute Gasteiger partial charge is 0.223 e. The molecule has 1 aliphatic carbocycles. The molecule has 0 radical (unpaired) electrons. The van der Waals surface area contributed by atoms with E-state index in [0.717, 1.165) is 24.6 Å². The topological polar surface area (TPSA) is 29.1 Å². The molecule has 0 aromatic carbocycles. The third kappa shape index (κ3) is 3.78. The Balaban J connectivity index is 2.46. The van der Waals surface area contributed by atoms with E-state index in [-0.39, 0.29) is 17.4 Å². The lowest BCUT2D eigenvalue weighted by atomic mass is 9.87. The van der Waals surface area contributed by atoms with Crippen LogP contribution < -0.4 is 5.32 Å². The first-order valence-electron chi connectivity index (χ1n) is 5.99. The number of rotatable bonds is 4. The molecule has 1 saturated carbocycles. The molecule has 1 fully saturated rings. The first kappa shape index (κ1) is 13.0. The van der Waals surface area contributed by atoms with Crippen LogP contribution in [-0.4, -0.2) is 16.8 Å². The van der Waals surface area contributed by atoms with Gasteiger partial charge in [-0.15, -0.1) is 0 Å². The van der Waals surface area contributed by atoms with Gasteiger partial charge in [-0.1, -0.05) is 42.1 Å². The van der Waals surface area contributed by atoms with Gasteiger partial charge < -0.3 is 5.32 Å². The Morgan fingerprint density at radius 1 is 1.40 bits per heavy atom. The van der Waals surface area contributed by atoms with E-state index < -0.39 is 0 Å². The molecule has 15 heavy (non-hydrogen) atoms. The molecule has 1 atom stereocenters. The van der Waals surface area contributed by atoms with Crippen LogP contribution in [0.3, 0.4) is 0 Å². The highest BCUT2D eigenvalue weighted by Crippen LogP contribution is 2.25. The quantitative estimate of drug-likeness (QED) is 0.785. The van der Waals surface area contributed by atoms with E-state index in [2.05, 4.69) is 35.1 Å². The van der Waals surface area contributed by atoms with Gasteiger partial charge in [-0.3, -0.25) is 4.79 Å². The molecule has 0 aliphatic heterocycles. The number of alkyl halides is 1. The molecule has 0 aromatic rings. The van der Waals surface area contributed by atoms with Crippen LogP contribution >= 0.6 is 15.9 Å². The van der Waals surface area contributed by atoms with E-state index in [1.54, 1.807) is 0 Å². The van der Waals surface area contributed by atoms with Crippen LogP contribution in [0.2, 0.25) is 0 Å². The van der Waals surface area contributed by atoms with Crippen LogP contribution in [-0.2, 0) is 4.79 Å². The fourth-order valence-corrected chi connectivity index (χ4v) is 2.52. The van der Waals surface area contributed by atoms with Crippen molar-refractivity contribution in [1.29, 1.82) is 0 Å². The molecule has 0 aromatic heterocycles. The zero-order chi connectivity index (χ0) is 11.3. The zero-order valence-electron chi connectivity index (χ0n) is 9.81. The first-order valence-corrected chi connectivity index (χ1v) is 7.11. The molecule has 1 rings (SSSR count).